The zero-order chi connectivity index (χ0) is 13.7. The van der Waals surface area contributed by atoms with Crippen molar-refractivity contribution < 1.29 is 27.8 Å². The number of ether oxygens (including phenoxy) is 2. The lowest BCUT2D eigenvalue weighted by molar-refractivity contribution is -0.0504. The maximum absolute atomic E-state index is 12.2. The van der Waals surface area contributed by atoms with Gasteiger partial charge in [0, 0.05) is 10.0 Å². The second kappa shape index (κ2) is 6.44. The number of carbonyl (C=O) groups excluding carboxylic acids is 2. The van der Waals surface area contributed by atoms with Gasteiger partial charge in [-0.3, -0.25) is 4.79 Å². The average molecular weight is 323 g/mol. The molecule has 98 valence electrons. The Kier molecular flexibility index (Phi) is 5.21. The maximum Gasteiger partial charge on any atom is 0.387 e. The van der Waals surface area contributed by atoms with E-state index in [1.807, 2.05) is 0 Å². The molecule has 0 N–H and O–H groups in total. The molecule has 0 saturated heterocycles. The lowest BCUT2D eigenvalue weighted by atomic mass is 10.1. The number of halogens is 3. The SMILES string of the molecule is CCOC(=O)c1cc(Br)c(C=O)cc1OC(F)F. The molecule has 7 heteroatoms. The third-order valence-corrected chi connectivity index (χ3v) is 2.62. The fraction of sp³-hybridized carbons (Fsp3) is 0.273. The summed E-state index contributed by atoms with van der Waals surface area (Å²) in [7, 11) is 0. The van der Waals surface area contributed by atoms with E-state index in [1.54, 1.807) is 6.92 Å². The first-order chi connectivity index (χ1) is 8.49. The van der Waals surface area contributed by atoms with Crippen LogP contribution in [-0.4, -0.2) is 25.5 Å². The fourth-order valence-corrected chi connectivity index (χ4v) is 1.66. The Morgan fingerprint density at radius 1 is 1.50 bits per heavy atom. The molecule has 0 aliphatic rings. The normalized spacial score (nSPS) is 10.3. The molecule has 0 aliphatic heterocycles. The summed E-state index contributed by atoms with van der Waals surface area (Å²) in [5, 5.41) is 0. The second-order valence-electron chi connectivity index (χ2n) is 3.09. The summed E-state index contributed by atoms with van der Waals surface area (Å²) >= 11 is 3.05. The third-order valence-electron chi connectivity index (χ3n) is 1.94. The summed E-state index contributed by atoms with van der Waals surface area (Å²) in [6.07, 6.45) is 0.456. The Hall–Kier alpha value is -1.50. The first-order valence-corrected chi connectivity index (χ1v) is 5.69. The van der Waals surface area contributed by atoms with Crippen LogP contribution in [0.1, 0.15) is 27.6 Å². The van der Waals surface area contributed by atoms with Crippen LogP contribution in [0.15, 0.2) is 16.6 Å². The monoisotopic (exact) mass is 322 g/mol. The molecule has 0 bridgehead atoms. The number of benzene rings is 1. The van der Waals surface area contributed by atoms with Crippen LogP contribution in [0.4, 0.5) is 8.78 Å². The van der Waals surface area contributed by atoms with Crippen LogP contribution in [0, 0.1) is 0 Å². The molecule has 1 rings (SSSR count). The van der Waals surface area contributed by atoms with Crippen LogP contribution in [-0.2, 0) is 4.74 Å². The second-order valence-corrected chi connectivity index (χ2v) is 3.94. The highest BCUT2D eigenvalue weighted by Gasteiger charge is 2.19. The zero-order valence-corrected chi connectivity index (χ0v) is 10.9. The van der Waals surface area contributed by atoms with Gasteiger partial charge >= 0.3 is 12.6 Å². The lowest BCUT2D eigenvalue weighted by Crippen LogP contribution is -2.11. The van der Waals surface area contributed by atoms with Crippen molar-refractivity contribution in [1.82, 2.24) is 0 Å². The van der Waals surface area contributed by atoms with Crippen molar-refractivity contribution in [3.8, 4) is 5.75 Å². The molecule has 0 amide bonds. The van der Waals surface area contributed by atoms with Crippen molar-refractivity contribution >= 4 is 28.2 Å². The third kappa shape index (κ3) is 3.49. The van der Waals surface area contributed by atoms with E-state index in [9.17, 15) is 18.4 Å². The molecule has 0 spiro atoms. The van der Waals surface area contributed by atoms with Crippen molar-refractivity contribution in [1.29, 1.82) is 0 Å². The molecule has 0 fully saturated rings. The van der Waals surface area contributed by atoms with Gasteiger partial charge in [0.25, 0.3) is 0 Å². The molecule has 4 nitrogen and oxygen atoms in total. The van der Waals surface area contributed by atoms with E-state index in [0.29, 0.717) is 10.8 Å². The fourth-order valence-electron chi connectivity index (χ4n) is 1.22. The number of rotatable bonds is 5. The van der Waals surface area contributed by atoms with Crippen molar-refractivity contribution in [2.24, 2.45) is 0 Å². The van der Waals surface area contributed by atoms with E-state index in [0.717, 1.165) is 6.07 Å². The Balaban J connectivity index is 3.24. The number of aldehydes is 1. The van der Waals surface area contributed by atoms with Gasteiger partial charge in [0.1, 0.15) is 11.3 Å². The van der Waals surface area contributed by atoms with Crippen molar-refractivity contribution in [2.45, 2.75) is 13.5 Å². The van der Waals surface area contributed by atoms with E-state index in [4.69, 9.17) is 4.74 Å². The van der Waals surface area contributed by atoms with E-state index in [1.165, 1.54) is 6.07 Å². The molecule has 0 aromatic heterocycles. The summed E-state index contributed by atoms with van der Waals surface area (Å²) < 4.78 is 33.6. The van der Waals surface area contributed by atoms with E-state index in [2.05, 4.69) is 20.7 Å². The van der Waals surface area contributed by atoms with Crippen LogP contribution in [0.3, 0.4) is 0 Å². The van der Waals surface area contributed by atoms with Crippen LogP contribution >= 0.6 is 15.9 Å². The molecular formula is C11H9BrF2O4. The van der Waals surface area contributed by atoms with E-state index < -0.39 is 18.3 Å². The predicted octanol–water partition coefficient (Wildman–Crippen LogP) is 3.04. The topological polar surface area (TPSA) is 52.6 Å². The largest absolute Gasteiger partial charge is 0.462 e. The van der Waals surface area contributed by atoms with Crippen LogP contribution < -0.4 is 4.74 Å². The van der Waals surface area contributed by atoms with Gasteiger partial charge in [-0.1, -0.05) is 15.9 Å². The summed E-state index contributed by atoms with van der Waals surface area (Å²) in [6, 6.07) is 2.26. The number of hydrogen-bond donors (Lipinski definition) is 0. The minimum Gasteiger partial charge on any atom is -0.462 e. The smallest absolute Gasteiger partial charge is 0.387 e. The predicted molar refractivity (Wildman–Crippen MR) is 62.1 cm³/mol. The first-order valence-electron chi connectivity index (χ1n) is 4.90. The van der Waals surface area contributed by atoms with Crippen molar-refractivity contribution in [3.05, 3.63) is 27.7 Å². The molecule has 0 atom stereocenters. The quantitative estimate of drug-likeness (QED) is 0.617. The molecule has 1 aromatic carbocycles. The van der Waals surface area contributed by atoms with Crippen LogP contribution in [0.25, 0.3) is 0 Å². The zero-order valence-electron chi connectivity index (χ0n) is 9.28. The maximum atomic E-state index is 12.2. The van der Waals surface area contributed by atoms with Gasteiger partial charge in [-0.05, 0) is 19.1 Å². The molecule has 0 aliphatic carbocycles. The summed E-state index contributed by atoms with van der Waals surface area (Å²) in [4.78, 5) is 22.2. The Bertz CT molecular complexity index is 463. The van der Waals surface area contributed by atoms with Crippen LogP contribution in [0.2, 0.25) is 0 Å². The highest BCUT2D eigenvalue weighted by molar-refractivity contribution is 9.10. The number of carbonyl (C=O) groups is 2. The number of esters is 1. The van der Waals surface area contributed by atoms with Gasteiger partial charge in [0.2, 0.25) is 0 Å². The standard InChI is InChI=1S/C11H9BrF2O4/c1-2-17-10(16)7-4-8(12)6(5-15)3-9(7)18-11(13)14/h3-5,11H,2H2,1H3. The highest BCUT2D eigenvalue weighted by Crippen LogP contribution is 2.28. The van der Waals surface area contributed by atoms with Gasteiger partial charge in [0.05, 0.1) is 6.61 Å². The molecule has 1 aromatic rings. The lowest BCUT2D eigenvalue weighted by Gasteiger charge is -2.11. The van der Waals surface area contributed by atoms with Gasteiger partial charge in [-0.15, -0.1) is 0 Å². The number of hydrogen-bond acceptors (Lipinski definition) is 4. The van der Waals surface area contributed by atoms with Gasteiger partial charge < -0.3 is 9.47 Å². The summed E-state index contributed by atoms with van der Waals surface area (Å²) in [6.45, 7) is -1.42. The summed E-state index contributed by atoms with van der Waals surface area (Å²) in [5.74, 6) is -1.19. The molecule has 0 unspecified atom stereocenters. The molecule has 18 heavy (non-hydrogen) atoms. The Labute approximate surface area is 110 Å². The van der Waals surface area contributed by atoms with Crippen molar-refractivity contribution in [3.63, 3.8) is 0 Å². The van der Waals surface area contributed by atoms with Gasteiger partial charge in [-0.2, -0.15) is 8.78 Å². The Morgan fingerprint density at radius 2 is 2.17 bits per heavy atom. The molecule has 0 heterocycles. The molecule has 0 radical (unpaired) electrons. The highest BCUT2D eigenvalue weighted by atomic mass is 79.9. The van der Waals surface area contributed by atoms with E-state index >= 15 is 0 Å². The number of alkyl halides is 2. The van der Waals surface area contributed by atoms with E-state index in [-0.39, 0.29) is 17.7 Å². The van der Waals surface area contributed by atoms with Gasteiger partial charge in [0.15, 0.2) is 6.29 Å². The van der Waals surface area contributed by atoms with Crippen LogP contribution in [0.5, 0.6) is 5.75 Å². The first kappa shape index (κ1) is 14.6. The minimum atomic E-state index is -3.10. The van der Waals surface area contributed by atoms with Crippen molar-refractivity contribution in [2.75, 3.05) is 6.61 Å². The van der Waals surface area contributed by atoms with Gasteiger partial charge in [-0.25, -0.2) is 4.79 Å². The minimum absolute atomic E-state index is 0.0960. The summed E-state index contributed by atoms with van der Waals surface area (Å²) in [5.41, 5.74) is -0.0756. The molecule has 0 saturated carbocycles. The average Bonchev–Trinajstić information content (AvgIpc) is 2.30. The Morgan fingerprint density at radius 3 is 2.67 bits per heavy atom. The molecular weight excluding hydrogens is 314 g/mol.